The van der Waals surface area contributed by atoms with Crippen LogP contribution in [0.5, 0.6) is 0 Å². The predicted molar refractivity (Wildman–Crippen MR) is 230 cm³/mol. The number of fused-ring (bicyclic) bond motifs is 1. The molecule has 15 nitrogen and oxygen atoms in total. The number of imidazole rings is 1. The highest BCUT2D eigenvalue weighted by molar-refractivity contribution is 6.05. The minimum absolute atomic E-state index is 0.0953. The van der Waals surface area contributed by atoms with E-state index in [2.05, 4.69) is 45.9 Å². The number of alkyl carbamates (subject to hydrolysis) is 2. The van der Waals surface area contributed by atoms with Crippen LogP contribution in [0.4, 0.5) is 15.3 Å². The first kappa shape index (κ1) is 39.6. The van der Waals surface area contributed by atoms with Crippen LogP contribution in [0.25, 0.3) is 39.0 Å². The van der Waals surface area contributed by atoms with Gasteiger partial charge in [-0.3, -0.25) is 19.5 Å². The third kappa shape index (κ3) is 7.49. The van der Waals surface area contributed by atoms with Crippen LogP contribution >= 0.6 is 0 Å². The van der Waals surface area contributed by atoms with E-state index in [-0.39, 0.29) is 29.8 Å². The van der Waals surface area contributed by atoms with E-state index in [0.29, 0.717) is 43.9 Å². The summed E-state index contributed by atoms with van der Waals surface area (Å²) in [6.07, 6.45) is 10.0. The Balaban J connectivity index is 0.871. The van der Waals surface area contributed by atoms with Gasteiger partial charge >= 0.3 is 12.2 Å². The molecular formula is C46H47N9O6. The summed E-state index contributed by atoms with van der Waals surface area (Å²) in [5.41, 5.74) is 8.52. The van der Waals surface area contributed by atoms with Crippen molar-refractivity contribution >= 4 is 51.7 Å². The fourth-order valence-electron chi connectivity index (χ4n) is 9.12. The number of likely N-dealkylation sites (tertiary alicyclic amines) is 1. The van der Waals surface area contributed by atoms with Gasteiger partial charge in [0, 0.05) is 54.8 Å². The summed E-state index contributed by atoms with van der Waals surface area (Å²) in [7, 11) is 2.59. The lowest BCUT2D eigenvalue weighted by Gasteiger charge is -2.31. The summed E-state index contributed by atoms with van der Waals surface area (Å²) in [5.74, 6) is 0.827. The molecule has 2 aromatic heterocycles. The fraction of sp³-hybridized carbons (Fsp3) is 0.348. The number of nitrogens with one attached hydrogen (secondary N) is 3. The summed E-state index contributed by atoms with van der Waals surface area (Å²) in [4.78, 5) is 77.7. The highest BCUT2D eigenvalue weighted by Crippen LogP contribution is 2.44. The lowest BCUT2D eigenvalue weighted by molar-refractivity contribution is -0.134. The van der Waals surface area contributed by atoms with E-state index in [0.717, 1.165) is 74.1 Å². The number of hydrogen-bond acceptors (Lipinski definition) is 10. The van der Waals surface area contributed by atoms with Crippen molar-refractivity contribution in [2.75, 3.05) is 25.7 Å². The molecule has 61 heavy (non-hydrogen) atoms. The average molecular weight is 822 g/mol. The molecule has 4 atom stereocenters. The van der Waals surface area contributed by atoms with Crippen molar-refractivity contribution in [3.63, 3.8) is 0 Å². The Bertz CT molecular complexity index is 2620. The Morgan fingerprint density at radius 2 is 1.59 bits per heavy atom. The average Bonchev–Trinajstić information content (AvgIpc) is 4.11. The lowest BCUT2D eigenvalue weighted by atomic mass is 9.95. The Morgan fingerprint density at radius 3 is 2.34 bits per heavy atom. The van der Waals surface area contributed by atoms with Crippen LogP contribution in [0, 0.1) is 5.92 Å². The van der Waals surface area contributed by atoms with Crippen LogP contribution < -0.4 is 15.5 Å². The monoisotopic (exact) mass is 821 g/mol. The van der Waals surface area contributed by atoms with E-state index in [1.54, 1.807) is 23.5 Å². The number of aromatic nitrogens is 4. The first-order valence-electron chi connectivity index (χ1n) is 20.7. The van der Waals surface area contributed by atoms with Crippen molar-refractivity contribution in [2.45, 2.75) is 76.5 Å². The molecule has 15 heteroatoms. The molecule has 6 heterocycles. The number of hydrogen-bond donors (Lipinski definition) is 3. The minimum atomic E-state index is -0.718. The van der Waals surface area contributed by atoms with Gasteiger partial charge in [0.05, 0.1) is 43.9 Å². The maximum Gasteiger partial charge on any atom is 0.407 e. The largest absolute Gasteiger partial charge is 0.453 e. The van der Waals surface area contributed by atoms with Crippen molar-refractivity contribution in [1.29, 1.82) is 0 Å². The van der Waals surface area contributed by atoms with E-state index in [9.17, 15) is 19.2 Å². The molecule has 4 aliphatic rings. The maximum absolute atomic E-state index is 13.9. The van der Waals surface area contributed by atoms with Crippen molar-refractivity contribution in [1.82, 2.24) is 35.5 Å². The molecule has 3 N–H and O–H groups in total. The second kappa shape index (κ2) is 16.3. The number of anilines is 1. The second-order valence-corrected chi connectivity index (χ2v) is 16.3. The van der Waals surface area contributed by atoms with Gasteiger partial charge in [0.15, 0.2) is 5.82 Å². The van der Waals surface area contributed by atoms with Gasteiger partial charge in [-0.2, -0.15) is 0 Å². The summed E-state index contributed by atoms with van der Waals surface area (Å²) in [6.45, 7) is 4.45. The number of nitrogens with zero attached hydrogens (tertiary/aromatic N) is 6. The number of rotatable bonds is 9. The van der Waals surface area contributed by atoms with E-state index in [1.165, 1.54) is 14.2 Å². The molecule has 5 aromatic rings. The van der Waals surface area contributed by atoms with Gasteiger partial charge in [0.1, 0.15) is 17.9 Å². The molecule has 0 aliphatic carbocycles. The highest BCUT2D eigenvalue weighted by atomic mass is 16.5. The number of amides is 4. The fourth-order valence-corrected chi connectivity index (χ4v) is 9.12. The first-order chi connectivity index (χ1) is 29.6. The quantitative estimate of drug-likeness (QED) is 0.149. The van der Waals surface area contributed by atoms with Crippen LogP contribution in [0.15, 0.2) is 84.4 Å². The van der Waals surface area contributed by atoms with Crippen molar-refractivity contribution in [2.24, 2.45) is 10.9 Å². The topological polar surface area (TPSA) is 184 Å². The minimum Gasteiger partial charge on any atom is -0.453 e. The van der Waals surface area contributed by atoms with Crippen LogP contribution in [-0.2, 0) is 31.9 Å². The number of aromatic amines is 1. The SMILES string of the molecule is COC(=O)N[C@H]1CCc2cccc3c2N(C1=O)[C@H](c1ncc(-c2cnc(-c4ccc5cc(C6=CN=C([C@@H]7CCCN7C(=O)[C@@H](NC(=O)OC)C(C)C)C6)ccc5c4)nc2)[nH]1)C3. The molecule has 0 unspecified atom stereocenters. The highest BCUT2D eigenvalue weighted by Gasteiger charge is 2.43. The number of benzene rings is 3. The molecule has 4 aliphatic heterocycles. The predicted octanol–water partition coefficient (Wildman–Crippen LogP) is 6.55. The summed E-state index contributed by atoms with van der Waals surface area (Å²) < 4.78 is 9.59. The van der Waals surface area contributed by atoms with Crippen LogP contribution in [0.1, 0.15) is 68.1 Å². The number of ether oxygens (including phenoxy) is 2. The molecule has 3 aromatic carbocycles. The molecule has 9 rings (SSSR count). The third-order valence-electron chi connectivity index (χ3n) is 12.3. The number of carbonyl (C=O) groups excluding carboxylic acids is 4. The van der Waals surface area contributed by atoms with Gasteiger partial charge in [0.25, 0.3) is 0 Å². The molecule has 1 fully saturated rings. The van der Waals surface area contributed by atoms with Gasteiger partial charge in [-0.1, -0.05) is 56.3 Å². The zero-order valence-corrected chi connectivity index (χ0v) is 34.5. The number of para-hydroxylation sites is 1. The van der Waals surface area contributed by atoms with Gasteiger partial charge in [-0.15, -0.1) is 0 Å². The third-order valence-corrected chi connectivity index (χ3v) is 12.3. The van der Waals surface area contributed by atoms with E-state index < -0.39 is 24.3 Å². The smallest absolute Gasteiger partial charge is 0.407 e. The van der Waals surface area contributed by atoms with E-state index in [4.69, 9.17) is 29.4 Å². The second-order valence-electron chi connectivity index (χ2n) is 16.3. The van der Waals surface area contributed by atoms with Crippen molar-refractivity contribution in [3.05, 3.63) is 102 Å². The van der Waals surface area contributed by atoms with Crippen LogP contribution in [0.3, 0.4) is 0 Å². The standard InChI is InChI=1S/C46H47N9O6/c1-25(2)39(53-46(59)61-4)44(57)54-16-6-9-37(54)35-19-32(21-47-35)29-11-10-28-18-31(13-12-27(28)17-29)41-48-22-33(23-49-41)36-24-50-42(51-36)38-20-30-8-5-7-26-14-15-34(52-45(58)60-3)43(56)55(38)40(26)30/h5,7-8,10-13,17-18,21-25,34,37-39H,6,9,14-16,19-20H2,1-4H3,(H,50,51)(H,52,58)(H,53,59)/t34-,37-,38-,39-/m0/s1. The Morgan fingerprint density at radius 1 is 0.852 bits per heavy atom. The summed E-state index contributed by atoms with van der Waals surface area (Å²) >= 11 is 0. The van der Waals surface area contributed by atoms with Gasteiger partial charge < -0.3 is 30.0 Å². The molecule has 0 radical (unpaired) electrons. The number of aryl methyl sites for hydroxylation is 1. The molecule has 4 amide bonds. The first-order valence-corrected chi connectivity index (χ1v) is 20.7. The van der Waals surface area contributed by atoms with Gasteiger partial charge in [-0.05, 0) is 76.8 Å². The van der Waals surface area contributed by atoms with Crippen molar-refractivity contribution in [3.8, 4) is 22.6 Å². The molecule has 1 saturated heterocycles. The molecular weight excluding hydrogens is 775 g/mol. The number of carbonyl (C=O) groups is 4. The summed E-state index contributed by atoms with van der Waals surface area (Å²) in [5, 5.41) is 7.56. The van der Waals surface area contributed by atoms with E-state index in [1.807, 2.05) is 49.2 Å². The zero-order chi connectivity index (χ0) is 42.4. The Labute approximate surface area is 352 Å². The molecule has 0 saturated carbocycles. The van der Waals surface area contributed by atoms with Crippen LogP contribution in [-0.4, -0.2) is 93.4 Å². The Hall–Kier alpha value is -6.90. The number of allylic oxidation sites excluding steroid dienone is 1. The number of aliphatic imine (C=N–C) groups is 1. The van der Waals surface area contributed by atoms with Gasteiger partial charge in [0.2, 0.25) is 11.8 Å². The zero-order valence-electron chi connectivity index (χ0n) is 34.5. The van der Waals surface area contributed by atoms with Gasteiger partial charge in [-0.25, -0.2) is 24.5 Å². The van der Waals surface area contributed by atoms with Crippen LogP contribution in [0.2, 0.25) is 0 Å². The molecule has 0 bridgehead atoms. The lowest BCUT2D eigenvalue weighted by Crippen LogP contribution is -2.53. The molecule has 0 spiro atoms. The number of methoxy groups -OCH3 is 2. The normalized spacial score (nSPS) is 20.0. The summed E-state index contributed by atoms with van der Waals surface area (Å²) in [6, 6.07) is 16.7. The number of H-pyrrole nitrogens is 1. The molecule has 312 valence electrons. The van der Waals surface area contributed by atoms with Crippen molar-refractivity contribution < 1.29 is 28.7 Å². The van der Waals surface area contributed by atoms with E-state index >= 15 is 0 Å². The maximum atomic E-state index is 13.9. The Kier molecular flexibility index (Phi) is 10.6.